The molecule has 0 saturated carbocycles. The number of fused-ring (bicyclic) bond motifs is 2. The summed E-state index contributed by atoms with van der Waals surface area (Å²) in [5.41, 5.74) is 4.81. The van der Waals surface area contributed by atoms with Gasteiger partial charge in [0.05, 0.1) is 11.4 Å². The number of halogens is 1. The van der Waals surface area contributed by atoms with Crippen LogP contribution in [-0.4, -0.2) is 18.2 Å². The molecule has 1 amide bonds. The topological polar surface area (TPSA) is 50.7 Å². The van der Waals surface area contributed by atoms with Crippen molar-refractivity contribution in [2.75, 3.05) is 11.9 Å². The van der Waals surface area contributed by atoms with Gasteiger partial charge in [0.1, 0.15) is 5.75 Å². The van der Waals surface area contributed by atoms with Crippen molar-refractivity contribution >= 4 is 46.4 Å². The fourth-order valence-corrected chi connectivity index (χ4v) is 4.88. The van der Waals surface area contributed by atoms with Crippen LogP contribution in [0.4, 0.5) is 11.4 Å². The maximum atomic E-state index is 11.7. The van der Waals surface area contributed by atoms with Crippen molar-refractivity contribution in [2.24, 2.45) is 4.99 Å². The molecule has 1 atom stereocenters. The van der Waals surface area contributed by atoms with Gasteiger partial charge in [0.25, 0.3) is 5.91 Å². The van der Waals surface area contributed by atoms with E-state index in [0.717, 1.165) is 33.3 Å². The summed E-state index contributed by atoms with van der Waals surface area (Å²) >= 11 is 7.90. The number of amides is 1. The highest BCUT2D eigenvalue weighted by Crippen LogP contribution is 2.46. The van der Waals surface area contributed by atoms with Crippen LogP contribution in [0, 0.1) is 0 Å². The Morgan fingerprint density at radius 1 is 1.07 bits per heavy atom. The second-order valence-corrected chi connectivity index (χ2v) is 8.62. The average Bonchev–Trinajstić information content (AvgIpc) is 2.93. The molecule has 2 aliphatic heterocycles. The molecule has 4 nitrogen and oxygen atoms in total. The number of thioether (sulfide) groups is 1. The monoisotopic (exact) mass is 420 g/mol. The first kappa shape index (κ1) is 18.3. The molecule has 2 heterocycles. The Kier molecular flexibility index (Phi) is 4.78. The van der Waals surface area contributed by atoms with Crippen LogP contribution in [0.5, 0.6) is 5.75 Å². The summed E-state index contributed by atoms with van der Waals surface area (Å²) in [7, 11) is 0. The first-order valence-corrected chi connectivity index (χ1v) is 10.6. The predicted octanol–water partition coefficient (Wildman–Crippen LogP) is 6.03. The van der Waals surface area contributed by atoms with Crippen molar-refractivity contribution in [3.63, 3.8) is 0 Å². The van der Waals surface area contributed by atoms with Crippen LogP contribution in [-0.2, 0) is 4.79 Å². The number of anilines is 1. The molecule has 0 aliphatic carbocycles. The normalized spacial score (nSPS) is 17.9. The lowest BCUT2D eigenvalue weighted by Gasteiger charge is -2.20. The Morgan fingerprint density at radius 3 is 2.76 bits per heavy atom. The smallest absolute Gasteiger partial charge is 0.262 e. The van der Waals surface area contributed by atoms with Gasteiger partial charge < -0.3 is 10.1 Å². The number of rotatable bonds is 2. The van der Waals surface area contributed by atoms with E-state index in [-0.39, 0.29) is 17.8 Å². The average molecular weight is 421 g/mol. The Bertz CT molecular complexity index is 1130. The molecule has 3 aromatic rings. The standard InChI is InChI=1S/C23H17ClN2O2S/c24-16-8-5-14(6-9-16)22-12-18(25-17-3-1-2-4-21(17)29-22)15-7-10-20-19(11-15)26-23(27)13-28-20/h1-11,22H,12-13H2,(H,26,27)/t22-/m1/s1. The summed E-state index contributed by atoms with van der Waals surface area (Å²) in [6, 6.07) is 22.0. The summed E-state index contributed by atoms with van der Waals surface area (Å²) in [4.78, 5) is 17.9. The number of carbonyl (C=O) groups is 1. The van der Waals surface area contributed by atoms with Crippen LogP contribution < -0.4 is 10.1 Å². The zero-order chi connectivity index (χ0) is 19.8. The van der Waals surface area contributed by atoms with Gasteiger partial charge in [-0.25, -0.2) is 0 Å². The Labute approximate surface area is 178 Å². The molecular formula is C23H17ClN2O2S. The van der Waals surface area contributed by atoms with Gasteiger partial charge in [-0.15, -0.1) is 11.8 Å². The molecule has 0 bridgehead atoms. The molecule has 144 valence electrons. The van der Waals surface area contributed by atoms with Gasteiger partial charge in [-0.2, -0.15) is 0 Å². The number of carbonyl (C=O) groups excluding carboxylic acids is 1. The van der Waals surface area contributed by atoms with Crippen molar-refractivity contribution in [1.82, 2.24) is 0 Å². The lowest BCUT2D eigenvalue weighted by Crippen LogP contribution is -2.25. The van der Waals surface area contributed by atoms with E-state index in [4.69, 9.17) is 21.3 Å². The minimum absolute atomic E-state index is 0.0515. The number of hydrogen-bond donors (Lipinski definition) is 1. The molecule has 5 rings (SSSR count). The summed E-state index contributed by atoms with van der Waals surface area (Å²) in [6.45, 7) is 0.0515. The molecular weight excluding hydrogens is 404 g/mol. The predicted molar refractivity (Wildman–Crippen MR) is 118 cm³/mol. The highest BCUT2D eigenvalue weighted by molar-refractivity contribution is 7.99. The fraction of sp³-hybridized carbons (Fsp3) is 0.130. The molecule has 0 saturated heterocycles. The number of nitrogens with zero attached hydrogens (tertiary/aromatic N) is 1. The first-order chi connectivity index (χ1) is 14.2. The number of para-hydroxylation sites is 1. The van der Waals surface area contributed by atoms with E-state index in [1.54, 1.807) is 0 Å². The van der Waals surface area contributed by atoms with E-state index in [1.165, 1.54) is 5.56 Å². The van der Waals surface area contributed by atoms with E-state index < -0.39 is 0 Å². The minimum atomic E-state index is -0.141. The summed E-state index contributed by atoms with van der Waals surface area (Å²) < 4.78 is 5.49. The van der Waals surface area contributed by atoms with Gasteiger partial charge in [0.2, 0.25) is 0 Å². The maximum Gasteiger partial charge on any atom is 0.262 e. The number of nitrogens with one attached hydrogen (secondary N) is 1. The molecule has 0 aromatic heterocycles. The van der Waals surface area contributed by atoms with Gasteiger partial charge in [-0.05, 0) is 53.6 Å². The lowest BCUT2D eigenvalue weighted by molar-refractivity contribution is -0.118. The number of hydrogen-bond acceptors (Lipinski definition) is 4. The molecule has 0 unspecified atom stereocenters. The van der Waals surface area contributed by atoms with Crippen LogP contribution in [0.3, 0.4) is 0 Å². The molecule has 0 radical (unpaired) electrons. The second kappa shape index (κ2) is 7.58. The van der Waals surface area contributed by atoms with Crippen molar-refractivity contribution < 1.29 is 9.53 Å². The highest BCUT2D eigenvalue weighted by Gasteiger charge is 2.24. The van der Waals surface area contributed by atoms with Gasteiger partial charge in [0, 0.05) is 27.3 Å². The second-order valence-electron chi connectivity index (χ2n) is 6.94. The largest absolute Gasteiger partial charge is 0.482 e. The summed E-state index contributed by atoms with van der Waals surface area (Å²) in [5.74, 6) is 0.545. The van der Waals surface area contributed by atoms with Crippen LogP contribution in [0.25, 0.3) is 0 Å². The maximum absolute atomic E-state index is 11.7. The third-order valence-corrected chi connectivity index (χ3v) is 6.53. The fourth-order valence-electron chi connectivity index (χ4n) is 3.52. The van der Waals surface area contributed by atoms with E-state index in [0.29, 0.717) is 11.4 Å². The van der Waals surface area contributed by atoms with Crippen LogP contribution in [0.1, 0.15) is 22.8 Å². The summed E-state index contributed by atoms with van der Waals surface area (Å²) in [6.07, 6.45) is 0.759. The zero-order valence-corrected chi connectivity index (χ0v) is 17.0. The van der Waals surface area contributed by atoms with Crippen LogP contribution >= 0.6 is 23.4 Å². The van der Waals surface area contributed by atoms with Crippen molar-refractivity contribution in [2.45, 2.75) is 16.6 Å². The molecule has 1 N–H and O–H groups in total. The van der Waals surface area contributed by atoms with Crippen LogP contribution in [0.15, 0.2) is 76.6 Å². The zero-order valence-electron chi connectivity index (χ0n) is 15.4. The van der Waals surface area contributed by atoms with Gasteiger partial charge >= 0.3 is 0 Å². The third-order valence-electron chi connectivity index (χ3n) is 4.96. The SMILES string of the molecule is O=C1COc2ccc(C3=Nc4ccccc4S[C@@H](c4ccc(Cl)cc4)C3)cc2N1. The van der Waals surface area contributed by atoms with E-state index in [2.05, 4.69) is 23.5 Å². The van der Waals surface area contributed by atoms with Crippen molar-refractivity contribution in [3.8, 4) is 5.75 Å². The quantitative estimate of drug-likeness (QED) is 0.550. The summed E-state index contributed by atoms with van der Waals surface area (Å²) in [5, 5.41) is 3.82. The van der Waals surface area contributed by atoms with Crippen molar-refractivity contribution in [3.05, 3.63) is 82.9 Å². The number of ether oxygens (including phenoxy) is 1. The molecule has 6 heteroatoms. The molecule has 29 heavy (non-hydrogen) atoms. The number of aliphatic imine (C=N–C) groups is 1. The highest BCUT2D eigenvalue weighted by atomic mass is 35.5. The van der Waals surface area contributed by atoms with E-state index in [9.17, 15) is 4.79 Å². The van der Waals surface area contributed by atoms with Crippen molar-refractivity contribution in [1.29, 1.82) is 0 Å². The van der Waals surface area contributed by atoms with E-state index in [1.807, 2.05) is 60.3 Å². The van der Waals surface area contributed by atoms with Gasteiger partial charge in [-0.3, -0.25) is 9.79 Å². The number of benzene rings is 3. The lowest BCUT2D eigenvalue weighted by atomic mass is 10.00. The Hall–Kier alpha value is -2.76. The molecule has 0 fully saturated rings. The third kappa shape index (κ3) is 3.76. The van der Waals surface area contributed by atoms with Crippen LogP contribution in [0.2, 0.25) is 5.02 Å². The Morgan fingerprint density at radius 2 is 1.90 bits per heavy atom. The first-order valence-electron chi connectivity index (χ1n) is 9.31. The minimum Gasteiger partial charge on any atom is -0.482 e. The Balaban J connectivity index is 1.57. The van der Waals surface area contributed by atoms with E-state index >= 15 is 0 Å². The molecule has 3 aromatic carbocycles. The van der Waals surface area contributed by atoms with Gasteiger partial charge in [-0.1, -0.05) is 35.9 Å². The molecule has 2 aliphatic rings. The molecule has 0 spiro atoms. The van der Waals surface area contributed by atoms with Gasteiger partial charge in [0.15, 0.2) is 6.61 Å².